The van der Waals surface area contributed by atoms with Crippen LogP contribution in [0.2, 0.25) is 0 Å². The molecule has 0 heterocycles. The van der Waals surface area contributed by atoms with E-state index >= 15 is 0 Å². The van der Waals surface area contributed by atoms with Gasteiger partial charge in [-0.2, -0.15) is 0 Å². The third kappa shape index (κ3) is 65.2. The molecule has 464 valence electrons. The molecule has 0 N–H and O–H groups in total. The van der Waals surface area contributed by atoms with Gasteiger partial charge >= 0.3 is 17.9 Å². The maximum absolute atomic E-state index is 13.0. The molecule has 0 aromatic carbocycles. The molecule has 0 saturated heterocycles. The van der Waals surface area contributed by atoms with Gasteiger partial charge in [0.15, 0.2) is 6.10 Å². The Balaban J connectivity index is 4.22. The standard InChI is InChI=1S/C72H140O6/c1-4-7-10-13-16-19-22-25-28-31-33-34-35-36-37-38-39-42-44-47-50-53-56-59-62-65-71(74)77-68-69(67-76-70(73)64-61-58-55-52-49-46-43-40-30-27-24-21-18-15-12-9-6-3)78-72(75)66-63-60-57-54-51-48-45-41-32-29-26-23-20-17-14-11-8-5-2/h69H,4-68H2,1-3H3. The highest BCUT2D eigenvalue weighted by molar-refractivity contribution is 5.71. The van der Waals surface area contributed by atoms with Gasteiger partial charge in [-0.1, -0.05) is 387 Å². The Bertz CT molecular complexity index is 1170. The molecule has 0 aromatic rings. The zero-order valence-corrected chi connectivity index (χ0v) is 53.5. The molecular weight excluding hydrogens is 961 g/mol. The summed E-state index contributed by atoms with van der Waals surface area (Å²) in [5.41, 5.74) is 0. The topological polar surface area (TPSA) is 78.9 Å². The minimum Gasteiger partial charge on any atom is -0.462 e. The molecule has 0 aliphatic heterocycles. The van der Waals surface area contributed by atoms with E-state index in [4.69, 9.17) is 14.2 Å². The zero-order valence-electron chi connectivity index (χ0n) is 53.5. The highest BCUT2D eigenvalue weighted by atomic mass is 16.6. The molecular formula is C72H140O6. The van der Waals surface area contributed by atoms with E-state index in [2.05, 4.69) is 20.8 Å². The number of esters is 3. The third-order valence-electron chi connectivity index (χ3n) is 16.9. The molecule has 0 bridgehead atoms. The van der Waals surface area contributed by atoms with Crippen molar-refractivity contribution >= 4 is 17.9 Å². The van der Waals surface area contributed by atoms with Crippen molar-refractivity contribution in [2.75, 3.05) is 13.2 Å². The van der Waals surface area contributed by atoms with E-state index < -0.39 is 6.10 Å². The van der Waals surface area contributed by atoms with Crippen LogP contribution in [0, 0.1) is 0 Å². The fourth-order valence-corrected chi connectivity index (χ4v) is 11.5. The highest BCUT2D eigenvalue weighted by Crippen LogP contribution is 2.20. The van der Waals surface area contributed by atoms with E-state index in [1.807, 2.05) is 0 Å². The Hall–Kier alpha value is -1.59. The van der Waals surface area contributed by atoms with Crippen LogP contribution < -0.4 is 0 Å². The first-order valence-electron chi connectivity index (χ1n) is 36.0. The summed E-state index contributed by atoms with van der Waals surface area (Å²) >= 11 is 0. The summed E-state index contributed by atoms with van der Waals surface area (Å²) in [7, 11) is 0. The third-order valence-corrected chi connectivity index (χ3v) is 16.9. The van der Waals surface area contributed by atoms with Gasteiger partial charge in [0.25, 0.3) is 0 Å². The molecule has 6 heteroatoms. The number of hydrogen-bond donors (Lipinski definition) is 0. The van der Waals surface area contributed by atoms with E-state index in [1.54, 1.807) is 0 Å². The van der Waals surface area contributed by atoms with Crippen LogP contribution in [0.5, 0.6) is 0 Å². The number of carbonyl (C=O) groups excluding carboxylic acids is 3. The van der Waals surface area contributed by atoms with Crippen LogP contribution in [0.3, 0.4) is 0 Å². The average Bonchev–Trinajstić information content (AvgIpc) is 3.44. The Labute approximate surface area is 488 Å². The van der Waals surface area contributed by atoms with Crippen LogP contribution in [0.15, 0.2) is 0 Å². The maximum atomic E-state index is 13.0. The Morgan fingerprint density at radius 2 is 0.346 bits per heavy atom. The second kappa shape index (κ2) is 67.9. The van der Waals surface area contributed by atoms with Gasteiger partial charge in [0, 0.05) is 19.3 Å². The molecule has 0 aliphatic carbocycles. The molecule has 0 aromatic heterocycles. The molecule has 0 fully saturated rings. The molecule has 0 saturated carbocycles. The quantitative estimate of drug-likeness (QED) is 0.0343. The Morgan fingerprint density at radius 1 is 0.205 bits per heavy atom. The normalized spacial score (nSPS) is 11.9. The summed E-state index contributed by atoms with van der Waals surface area (Å²) in [6.07, 6.45) is 79.9. The smallest absolute Gasteiger partial charge is 0.306 e. The summed E-state index contributed by atoms with van der Waals surface area (Å²) < 4.78 is 17.0. The van der Waals surface area contributed by atoms with E-state index in [0.717, 1.165) is 57.8 Å². The van der Waals surface area contributed by atoms with Crippen LogP contribution in [0.1, 0.15) is 425 Å². The fourth-order valence-electron chi connectivity index (χ4n) is 11.5. The van der Waals surface area contributed by atoms with Crippen molar-refractivity contribution in [2.45, 2.75) is 431 Å². The van der Waals surface area contributed by atoms with Gasteiger partial charge in [0.05, 0.1) is 0 Å². The van der Waals surface area contributed by atoms with Gasteiger partial charge in [0.2, 0.25) is 0 Å². The lowest BCUT2D eigenvalue weighted by Gasteiger charge is -2.18. The molecule has 0 spiro atoms. The molecule has 0 radical (unpaired) electrons. The highest BCUT2D eigenvalue weighted by Gasteiger charge is 2.20. The van der Waals surface area contributed by atoms with E-state index in [9.17, 15) is 14.4 Å². The van der Waals surface area contributed by atoms with Crippen molar-refractivity contribution in [1.29, 1.82) is 0 Å². The van der Waals surface area contributed by atoms with Crippen molar-refractivity contribution in [2.24, 2.45) is 0 Å². The maximum Gasteiger partial charge on any atom is 0.306 e. The number of unbranched alkanes of at least 4 members (excludes halogenated alkanes) is 57. The van der Waals surface area contributed by atoms with Crippen LogP contribution in [0.25, 0.3) is 0 Å². The van der Waals surface area contributed by atoms with Gasteiger partial charge in [-0.3, -0.25) is 14.4 Å². The molecule has 0 rings (SSSR count). The largest absolute Gasteiger partial charge is 0.462 e. The van der Waals surface area contributed by atoms with Crippen molar-refractivity contribution in [3.63, 3.8) is 0 Å². The van der Waals surface area contributed by atoms with E-state index in [1.165, 1.54) is 327 Å². The van der Waals surface area contributed by atoms with Crippen LogP contribution in [0.4, 0.5) is 0 Å². The summed E-state index contributed by atoms with van der Waals surface area (Å²) in [5.74, 6) is -0.817. The Kier molecular flexibility index (Phi) is 66.5. The molecule has 1 atom stereocenters. The number of rotatable bonds is 68. The van der Waals surface area contributed by atoms with Crippen molar-refractivity contribution in [3.8, 4) is 0 Å². The minimum atomic E-state index is -0.763. The molecule has 6 nitrogen and oxygen atoms in total. The molecule has 0 aliphatic rings. The summed E-state index contributed by atoms with van der Waals surface area (Å²) in [4.78, 5) is 38.5. The van der Waals surface area contributed by atoms with Crippen molar-refractivity contribution in [3.05, 3.63) is 0 Å². The SMILES string of the molecule is CCCCCCCCCCCCCCCCCCCCCCCCCCCC(=O)OCC(COC(=O)CCCCCCCCCCCCCCCCCCC)OC(=O)CCCCCCCCCCCCCCCCCCCC. The van der Waals surface area contributed by atoms with E-state index in [-0.39, 0.29) is 31.1 Å². The van der Waals surface area contributed by atoms with Crippen LogP contribution in [-0.4, -0.2) is 37.2 Å². The molecule has 78 heavy (non-hydrogen) atoms. The minimum absolute atomic E-state index is 0.0600. The lowest BCUT2D eigenvalue weighted by atomic mass is 10.0. The van der Waals surface area contributed by atoms with Gasteiger partial charge in [-0.25, -0.2) is 0 Å². The van der Waals surface area contributed by atoms with Crippen molar-refractivity contribution < 1.29 is 28.6 Å². The molecule has 0 amide bonds. The summed E-state index contributed by atoms with van der Waals surface area (Å²) in [6, 6.07) is 0. The number of carbonyl (C=O) groups is 3. The molecule has 1 unspecified atom stereocenters. The summed E-state index contributed by atoms with van der Waals surface area (Å²) in [6.45, 7) is 6.75. The van der Waals surface area contributed by atoms with Gasteiger partial charge in [-0.15, -0.1) is 0 Å². The lowest BCUT2D eigenvalue weighted by Crippen LogP contribution is -2.30. The van der Waals surface area contributed by atoms with Gasteiger partial charge in [-0.05, 0) is 19.3 Å². The predicted octanol–water partition coefficient (Wildman–Crippen LogP) is 24.6. The first-order chi connectivity index (χ1) is 38.5. The lowest BCUT2D eigenvalue weighted by molar-refractivity contribution is -0.167. The Morgan fingerprint density at radius 3 is 0.513 bits per heavy atom. The van der Waals surface area contributed by atoms with Crippen LogP contribution >= 0.6 is 0 Å². The second-order valence-corrected chi connectivity index (χ2v) is 24.9. The van der Waals surface area contributed by atoms with E-state index in [0.29, 0.717) is 19.3 Å². The first-order valence-corrected chi connectivity index (χ1v) is 36.0. The predicted molar refractivity (Wildman–Crippen MR) is 340 cm³/mol. The monoisotopic (exact) mass is 1100 g/mol. The van der Waals surface area contributed by atoms with Crippen LogP contribution in [-0.2, 0) is 28.6 Å². The summed E-state index contributed by atoms with van der Waals surface area (Å²) in [5, 5.41) is 0. The van der Waals surface area contributed by atoms with Gasteiger partial charge < -0.3 is 14.2 Å². The van der Waals surface area contributed by atoms with Crippen molar-refractivity contribution in [1.82, 2.24) is 0 Å². The zero-order chi connectivity index (χ0) is 56.4. The first kappa shape index (κ1) is 76.4. The van der Waals surface area contributed by atoms with Gasteiger partial charge in [0.1, 0.15) is 13.2 Å². The number of hydrogen-bond acceptors (Lipinski definition) is 6. The average molecular weight is 1100 g/mol. The number of ether oxygens (including phenoxy) is 3. The fraction of sp³-hybridized carbons (Fsp3) is 0.958. The second-order valence-electron chi connectivity index (χ2n) is 24.9.